The minimum Gasteiger partial charge on any atom is -0.480 e. The molecule has 0 aromatic rings. The van der Waals surface area contributed by atoms with Crippen LogP contribution in [0, 0.1) is 0 Å². The van der Waals surface area contributed by atoms with Crippen LogP contribution in [0.5, 0.6) is 0 Å². The van der Waals surface area contributed by atoms with Gasteiger partial charge in [0.05, 0.1) is 6.61 Å². The van der Waals surface area contributed by atoms with E-state index >= 15 is 0 Å². The van der Waals surface area contributed by atoms with Crippen LogP contribution in [0.3, 0.4) is 0 Å². The maximum absolute atomic E-state index is 10.0. The number of hydroxylamine groups is 1. The largest absolute Gasteiger partial charge is 0.480 e. The summed E-state index contributed by atoms with van der Waals surface area (Å²) in [5.41, 5.74) is 2.07. The quantitative estimate of drug-likeness (QED) is 0.452. The second-order valence-electron chi connectivity index (χ2n) is 1.27. The van der Waals surface area contributed by atoms with Gasteiger partial charge in [0.1, 0.15) is 23.0 Å². The SMILES string of the molecule is O=C(O)[C@H](CO)NOI. The number of nitrogens with one attached hydrogen (secondary N) is 1. The van der Waals surface area contributed by atoms with E-state index in [1.54, 1.807) is 0 Å². The number of carboxylic acid groups (broad SMARTS) is 1. The molecule has 0 unspecified atom stereocenters. The van der Waals surface area contributed by atoms with Crippen molar-refractivity contribution in [2.75, 3.05) is 6.61 Å². The fourth-order valence-corrected chi connectivity index (χ4v) is 0.526. The molecule has 0 spiro atoms. The summed E-state index contributed by atoms with van der Waals surface area (Å²) >= 11 is 1.47. The van der Waals surface area contributed by atoms with Gasteiger partial charge in [0.15, 0.2) is 6.04 Å². The first-order valence-electron chi connectivity index (χ1n) is 2.09. The summed E-state index contributed by atoms with van der Waals surface area (Å²) in [6, 6.07) is -1.04. The topological polar surface area (TPSA) is 78.8 Å². The monoisotopic (exact) mass is 247 g/mol. The fraction of sp³-hybridized carbons (Fsp3) is 0.667. The van der Waals surface area contributed by atoms with Gasteiger partial charge < -0.3 is 10.2 Å². The molecular formula is C3H6INO4. The van der Waals surface area contributed by atoms with Crippen molar-refractivity contribution in [1.29, 1.82) is 0 Å². The molecule has 0 aromatic carbocycles. The zero-order valence-electron chi connectivity index (χ0n) is 4.37. The number of hydrogen-bond donors (Lipinski definition) is 3. The highest BCUT2D eigenvalue weighted by molar-refractivity contribution is 14.1. The van der Waals surface area contributed by atoms with Crippen LogP contribution in [-0.4, -0.2) is 28.8 Å². The van der Waals surface area contributed by atoms with Gasteiger partial charge in [0.2, 0.25) is 0 Å². The van der Waals surface area contributed by atoms with Crippen LogP contribution < -0.4 is 5.48 Å². The molecule has 1 atom stereocenters. The Hall–Kier alpha value is 0.0800. The molecule has 0 aliphatic carbocycles. The van der Waals surface area contributed by atoms with Gasteiger partial charge in [-0.15, -0.1) is 0 Å². The number of rotatable bonds is 4. The van der Waals surface area contributed by atoms with Crippen LogP contribution in [0.4, 0.5) is 0 Å². The number of carboxylic acids is 1. The third-order valence-electron chi connectivity index (χ3n) is 0.667. The Morgan fingerprint density at radius 2 is 2.44 bits per heavy atom. The van der Waals surface area contributed by atoms with Crippen LogP contribution in [0.25, 0.3) is 0 Å². The average molecular weight is 247 g/mol. The second kappa shape index (κ2) is 4.91. The molecule has 54 valence electrons. The van der Waals surface area contributed by atoms with E-state index in [0.29, 0.717) is 0 Å². The van der Waals surface area contributed by atoms with Crippen LogP contribution in [-0.2, 0) is 7.96 Å². The predicted octanol–water partition coefficient (Wildman–Crippen LogP) is -0.697. The lowest BCUT2D eigenvalue weighted by Crippen LogP contribution is -2.37. The molecule has 0 aliphatic rings. The van der Waals surface area contributed by atoms with Gasteiger partial charge in [0, 0.05) is 0 Å². The maximum Gasteiger partial charge on any atom is 0.325 e. The van der Waals surface area contributed by atoms with Crippen LogP contribution in [0.15, 0.2) is 0 Å². The molecule has 0 aliphatic heterocycles. The number of carbonyl (C=O) groups is 1. The van der Waals surface area contributed by atoms with Crippen molar-refractivity contribution in [2.24, 2.45) is 0 Å². The summed E-state index contributed by atoms with van der Waals surface area (Å²) in [6.07, 6.45) is 0. The van der Waals surface area contributed by atoms with Gasteiger partial charge in [-0.05, 0) is 0 Å². The summed E-state index contributed by atoms with van der Waals surface area (Å²) < 4.78 is 4.24. The summed E-state index contributed by atoms with van der Waals surface area (Å²) in [6.45, 7) is -0.488. The Morgan fingerprint density at radius 1 is 1.89 bits per heavy atom. The van der Waals surface area contributed by atoms with Crippen molar-refractivity contribution in [2.45, 2.75) is 6.04 Å². The highest BCUT2D eigenvalue weighted by atomic mass is 127. The third kappa shape index (κ3) is 3.62. The predicted molar refractivity (Wildman–Crippen MR) is 36.8 cm³/mol. The first-order chi connectivity index (χ1) is 4.22. The smallest absolute Gasteiger partial charge is 0.325 e. The normalized spacial score (nSPS) is 13.1. The van der Waals surface area contributed by atoms with E-state index in [1.165, 1.54) is 23.0 Å². The van der Waals surface area contributed by atoms with E-state index in [4.69, 9.17) is 10.2 Å². The van der Waals surface area contributed by atoms with Crippen molar-refractivity contribution in [3.63, 3.8) is 0 Å². The minimum absolute atomic E-state index is 0.488. The Morgan fingerprint density at radius 3 is 2.56 bits per heavy atom. The maximum atomic E-state index is 10.0. The highest BCUT2D eigenvalue weighted by Gasteiger charge is 2.14. The summed E-state index contributed by atoms with van der Waals surface area (Å²) in [4.78, 5) is 10.0. The van der Waals surface area contributed by atoms with Crippen LogP contribution in [0.2, 0.25) is 0 Å². The lowest BCUT2D eigenvalue weighted by Gasteiger charge is -2.05. The molecule has 6 heteroatoms. The molecule has 5 nitrogen and oxygen atoms in total. The van der Waals surface area contributed by atoms with Crippen molar-refractivity contribution in [1.82, 2.24) is 5.48 Å². The number of aliphatic carboxylic acids is 1. The molecular weight excluding hydrogens is 241 g/mol. The first kappa shape index (κ1) is 9.08. The van der Waals surface area contributed by atoms with Crippen LogP contribution >= 0.6 is 23.0 Å². The number of aliphatic hydroxyl groups is 1. The number of hydrogen-bond acceptors (Lipinski definition) is 4. The molecule has 0 fully saturated rings. The van der Waals surface area contributed by atoms with Gasteiger partial charge in [0.25, 0.3) is 0 Å². The molecule has 0 aromatic heterocycles. The summed E-state index contributed by atoms with van der Waals surface area (Å²) in [5, 5.41) is 16.5. The Bertz CT molecular complexity index is 97.8. The zero-order chi connectivity index (χ0) is 7.28. The minimum atomic E-state index is -1.14. The molecule has 0 saturated carbocycles. The Balaban J connectivity index is 3.54. The summed E-state index contributed by atoms with van der Waals surface area (Å²) in [7, 11) is 0. The standard InChI is InChI=1S/C3H6INO4/c4-9-5-2(1-6)3(7)8/h2,5-6H,1H2,(H,7,8)/t2-/m0/s1. The van der Waals surface area contributed by atoms with E-state index in [2.05, 4.69) is 8.65 Å². The number of aliphatic hydroxyl groups excluding tert-OH is 1. The molecule has 0 amide bonds. The summed E-state index contributed by atoms with van der Waals surface area (Å²) in [5.74, 6) is -1.14. The average Bonchev–Trinajstić information content (AvgIpc) is 1.82. The van der Waals surface area contributed by atoms with Gasteiger partial charge in [-0.3, -0.25) is 4.79 Å². The lowest BCUT2D eigenvalue weighted by molar-refractivity contribution is -0.142. The molecule has 0 rings (SSSR count). The van der Waals surface area contributed by atoms with Gasteiger partial charge in [-0.2, -0.15) is 5.48 Å². The molecule has 0 heterocycles. The zero-order valence-corrected chi connectivity index (χ0v) is 6.53. The molecule has 9 heavy (non-hydrogen) atoms. The third-order valence-corrected chi connectivity index (χ3v) is 0.922. The van der Waals surface area contributed by atoms with Crippen molar-refractivity contribution < 1.29 is 18.2 Å². The van der Waals surface area contributed by atoms with Gasteiger partial charge >= 0.3 is 5.97 Å². The van der Waals surface area contributed by atoms with Gasteiger partial charge in [-0.1, -0.05) is 0 Å². The first-order valence-corrected chi connectivity index (χ1v) is 2.97. The van der Waals surface area contributed by atoms with E-state index in [0.717, 1.165) is 0 Å². The highest BCUT2D eigenvalue weighted by Crippen LogP contribution is 1.85. The molecule has 0 bridgehead atoms. The van der Waals surface area contributed by atoms with Crippen LogP contribution in [0.1, 0.15) is 0 Å². The van der Waals surface area contributed by atoms with E-state index in [1.807, 2.05) is 0 Å². The van der Waals surface area contributed by atoms with E-state index in [-0.39, 0.29) is 0 Å². The van der Waals surface area contributed by atoms with Crippen molar-refractivity contribution in [3.05, 3.63) is 0 Å². The van der Waals surface area contributed by atoms with E-state index in [9.17, 15) is 4.79 Å². The fourth-order valence-electron chi connectivity index (χ4n) is 0.220. The number of halogens is 1. The Kier molecular flexibility index (Phi) is 4.96. The van der Waals surface area contributed by atoms with Crippen molar-refractivity contribution >= 4 is 29.0 Å². The molecule has 3 N–H and O–H groups in total. The second-order valence-corrected chi connectivity index (χ2v) is 1.71. The molecule has 0 saturated heterocycles. The van der Waals surface area contributed by atoms with E-state index < -0.39 is 18.6 Å². The lowest BCUT2D eigenvalue weighted by atomic mass is 10.3. The van der Waals surface area contributed by atoms with Crippen molar-refractivity contribution in [3.8, 4) is 0 Å². The Labute approximate surface area is 65.7 Å². The molecule has 0 radical (unpaired) electrons. The van der Waals surface area contributed by atoms with Gasteiger partial charge in [-0.25, -0.2) is 3.17 Å².